The van der Waals surface area contributed by atoms with E-state index in [2.05, 4.69) is 10.3 Å². The van der Waals surface area contributed by atoms with Gasteiger partial charge in [0.05, 0.1) is 5.56 Å². The summed E-state index contributed by atoms with van der Waals surface area (Å²) in [6.07, 6.45) is -3.81. The predicted octanol–water partition coefficient (Wildman–Crippen LogP) is 5.80. The number of pyridine rings is 1. The van der Waals surface area contributed by atoms with Gasteiger partial charge in [-0.05, 0) is 42.5 Å². The second-order valence-corrected chi connectivity index (χ2v) is 5.85. The SMILES string of the molecule is O=C(Nc1ccc(Cl)cc1)c1c(C(F)(F)F)ccnc1Oc1ccccc1. The number of amides is 1. The van der Waals surface area contributed by atoms with E-state index in [-0.39, 0.29) is 11.4 Å². The number of nitrogens with zero attached hydrogens (tertiary/aromatic N) is 1. The first-order valence-electron chi connectivity index (χ1n) is 7.70. The van der Waals surface area contributed by atoms with Crippen molar-refractivity contribution in [3.8, 4) is 11.6 Å². The fourth-order valence-corrected chi connectivity index (χ4v) is 2.43. The highest BCUT2D eigenvalue weighted by molar-refractivity contribution is 6.30. The largest absolute Gasteiger partial charge is 0.438 e. The molecule has 0 unspecified atom stereocenters. The number of ether oxygens (including phenoxy) is 1. The van der Waals surface area contributed by atoms with Gasteiger partial charge < -0.3 is 10.1 Å². The molecule has 4 nitrogen and oxygen atoms in total. The van der Waals surface area contributed by atoms with E-state index in [1.165, 1.54) is 24.3 Å². The van der Waals surface area contributed by atoms with Crippen molar-refractivity contribution in [1.29, 1.82) is 0 Å². The molecule has 0 fully saturated rings. The molecule has 138 valence electrons. The lowest BCUT2D eigenvalue weighted by molar-refractivity contribution is -0.138. The first kappa shape index (κ1) is 18.7. The molecule has 0 saturated carbocycles. The molecule has 8 heteroatoms. The average molecular weight is 393 g/mol. The molecule has 3 aromatic rings. The summed E-state index contributed by atoms with van der Waals surface area (Å²) in [5, 5.41) is 2.84. The lowest BCUT2D eigenvalue weighted by Gasteiger charge is -2.16. The fraction of sp³-hybridized carbons (Fsp3) is 0.0526. The van der Waals surface area contributed by atoms with Crippen LogP contribution in [-0.2, 0) is 6.18 Å². The zero-order valence-electron chi connectivity index (χ0n) is 13.6. The van der Waals surface area contributed by atoms with Gasteiger partial charge in [0.2, 0.25) is 5.88 Å². The normalized spacial score (nSPS) is 11.1. The summed E-state index contributed by atoms with van der Waals surface area (Å²) < 4.78 is 45.7. The number of hydrogen-bond donors (Lipinski definition) is 1. The van der Waals surface area contributed by atoms with Gasteiger partial charge in [-0.25, -0.2) is 4.98 Å². The van der Waals surface area contributed by atoms with E-state index in [1.807, 2.05) is 0 Å². The summed E-state index contributed by atoms with van der Waals surface area (Å²) >= 11 is 5.77. The number of carbonyl (C=O) groups is 1. The molecule has 0 bridgehead atoms. The molecule has 0 radical (unpaired) electrons. The van der Waals surface area contributed by atoms with Crippen LogP contribution in [0.4, 0.5) is 18.9 Å². The number of nitrogens with one attached hydrogen (secondary N) is 1. The van der Waals surface area contributed by atoms with Crippen molar-refractivity contribution in [2.75, 3.05) is 5.32 Å². The molecular weight excluding hydrogens is 381 g/mol. The third kappa shape index (κ3) is 4.57. The minimum absolute atomic E-state index is 0.255. The number of hydrogen-bond acceptors (Lipinski definition) is 3. The molecule has 0 saturated heterocycles. The smallest absolute Gasteiger partial charge is 0.417 e. The Morgan fingerprint density at radius 1 is 1.00 bits per heavy atom. The van der Waals surface area contributed by atoms with Gasteiger partial charge in [0, 0.05) is 16.9 Å². The fourth-order valence-electron chi connectivity index (χ4n) is 2.30. The van der Waals surface area contributed by atoms with Crippen LogP contribution in [-0.4, -0.2) is 10.9 Å². The van der Waals surface area contributed by atoms with E-state index in [1.54, 1.807) is 30.3 Å². The number of para-hydroxylation sites is 1. The summed E-state index contributed by atoms with van der Waals surface area (Å²) in [5.74, 6) is -1.18. The van der Waals surface area contributed by atoms with Crippen molar-refractivity contribution >= 4 is 23.2 Å². The highest BCUT2D eigenvalue weighted by Crippen LogP contribution is 2.36. The van der Waals surface area contributed by atoms with Gasteiger partial charge >= 0.3 is 6.18 Å². The van der Waals surface area contributed by atoms with Gasteiger partial charge in [0.25, 0.3) is 5.91 Å². The van der Waals surface area contributed by atoms with Crippen LogP contribution in [0.5, 0.6) is 11.6 Å². The third-order valence-electron chi connectivity index (χ3n) is 3.51. The number of aromatic nitrogens is 1. The van der Waals surface area contributed by atoms with E-state index >= 15 is 0 Å². The molecule has 3 rings (SSSR count). The Bertz CT molecular complexity index is 945. The zero-order chi connectivity index (χ0) is 19.4. The van der Waals surface area contributed by atoms with Gasteiger partial charge in [-0.15, -0.1) is 0 Å². The summed E-state index contributed by atoms with van der Waals surface area (Å²) in [6.45, 7) is 0. The second-order valence-electron chi connectivity index (χ2n) is 5.41. The Morgan fingerprint density at radius 3 is 2.30 bits per heavy atom. The predicted molar refractivity (Wildman–Crippen MR) is 95.2 cm³/mol. The van der Waals surface area contributed by atoms with Gasteiger partial charge in [-0.3, -0.25) is 4.79 Å². The molecule has 27 heavy (non-hydrogen) atoms. The molecule has 0 spiro atoms. The molecule has 1 heterocycles. The van der Waals surface area contributed by atoms with Crippen molar-refractivity contribution in [3.63, 3.8) is 0 Å². The number of benzene rings is 2. The molecule has 0 aliphatic rings. The lowest BCUT2D eigenvalue weighted by Crippen LogP contribution is -2.20. The van der Waals surface area contributed by atoms with E-state index in [0.717, 1.165) is 12.3 Å². The second kappa shape index (κ2) is 7.67. The minimum Gasteiger partial charge on any atom is -0.438 e. The monoisotopic (exact) mass is 392 g/mol. The molecule has 0 atom stereocenters. The van der Waals surface area contributed by atoms with Gasteiger partial charge in [-0.1, -0.05) is 29.8 Å². The molecule has 2 aromatic carbocycles. The van der Waals surface area contributed by atoms with E-state index in [9.17, 15) is 18.0 Å². The van der Waals surface area contributed by atoms with E-state index in [0.29, 0.717) is 5.02 Å². The van der Waals surface area contributed by atoms with Crippen LogP contribution in [0.3, 0.4) is 0 Å². The Balaban J connectivity index is 2.01. The van der Waals surface area contributed by atoms with Crippen LogP contribution in [0.15, 0.2) is 66.9 Å². The molecular formula is C19H12ClF3N2O2. The van der Waals surface area contributed by atoms with E-state index < -0.39 is 29.1 Å². The topological polar surface area (TPSA) is 51.2 Å². The average Bonchev–Trinajstić information content (AvgIpc) is 2.63. The summed E-state index contributed by atoms with van der Waals surface area (Å²) in [5.41, 5.74) is -1.56. The number of alkyl halides is 3. The van der Waals surface area contributed by atoms with Crippen LogP contribution in [0.25, 0.3) is 0 Å². The van der Waals surface area contributed by atoms with Crippen LogP contribution < -0.4 is 10.1 Å². The van der Waals surface area contributed by atoms with Gasteiger partial charge in [0.1, 0.15) is 11.3 Å². The van der Waals surface area contributed by atoms with Crippen molar-refractivity contribution in [2.45, 2.75) is 6.18 Å². The molecule has 1 N–H and O–H groups in total. The summed E-state index contributed by atoms with van der Waals surface area (Å²) in [4.78, 5) is 16.4. The van der Waals surface area contributed by atoms with Crippen LogP contribution in [0, 0.1) is 0 Å². The molecule has 1 amide bonds. The molecule has 0 aliphatic carbocycles. The van der Waals surface area contributed by atoms with Crippen molar-refractivity contribution < 1.29 is 22.7 Å². The van der Waals surface area contributed by atoms with Crippen LogP contribution in [0.1, 0.15) is 15.9 Å². The maximum atomic E-state index is 13.4. The van der Waals surface area contributed by atoms with Crippen molar-refractivity contribution in [2.24, 2.45) is 0 Å². The lowest BCUT2D eigenvalue weighted by atomic mass is 10.1. The first-order chi connectivity index (χ1) is 12.8. The standard InChI is InChI=1S/C19H12ClF3N2O2/c20-12-6-8-13(9-7-12)25-17(26)16-15(19(21,22)23)10-11-24-18(16)27-14-4-2-1-3-5-14/h1-11H,(H,25,26). The number of rotatable bonds is 4. The maximum Gasteiger partial charge on any atom is 0.417 e. The highest BCUT2D eigenvalue weighted by Gasteiger charge is 2.37. The summed E-state index contributed by atoms with van der Waals surface area (Å²) in [6, 6.07) is 14.8. The molecule has 0 aliphatic heterocycles. The maximum absolute atomic E-state index is 13.4. The number of halogens is 4. The zero-order valence-corrected chi connectivity index (χ0v) is 14.4. The molecule has 1 aromatic heterocycles. The van der Waals surface area contributed by atoms with E-state index in [4.69, 9.17) is 16.3 Å². The third-order valence-corrected chi connectivity index (χ3v) is 3.76. The summed E-state index contributed by atoms with van der Waals surface area (Å²) in [7, 11) is 0. The highest BCUT2D eigenvalue weighted by atomic mass is 35.5. The van der Waals surface area contributed by atoms with Crippen molar-refractivity contribution in [3.05, 3.63) is 83.0 Å². The Morgan fingerprint density at radius 2 is 1.67 bits per heavy atom. The van der Waals surface area contributed by atoms with Crippen LogP contribution in [0.2, 0.25) is 5.02 Å². The Labute approximate surface area is 157 Å². The Kier molecular flexibility index (Phi) is 5.32. The van der Waals surface area contributed by atoms with Crippen molar-refractivity contribution in [1.82, 2.24) is 4.98 Å². The minimum atomic E-state index is -4.76. The Hall–Kier alpha value is -3.06. The van der Waals surface area contributed by atoms with Gasteiger partial charge in [0.15, 0.2) is 0 Å². The van der Waals surface area contributed by atoms with Gasteiger partial charge in [-0.2, -0.15) is 13.2 Å². The quantitative estimate of drug-likeness (QED) is 0.610. The van der Waals surface area contributed by atoms with Crippen LogP contribution >= 0.6 is 11.6 Å². The number of carbonyl (C=O) groups excluding carboxylic acids is 1. The first-order valence-corrected chi connectivity index (χ1v) is 8.08. The number of anilines is 1.